The van der Waals surface area contributed by atoms with Crippen LogP contribution in [0.4, 0.5) is 0 Å². The molecule has 1 aromatic rings. The highest BCUT2D eigenvalue weighted by molar-refractivity contribution is 5.78. The molecule has 116 valence electrons. The molecule has 0 radical (unpaired) electrons. The lowest BCUT2D eigenvalue weighted by Crippen LogP contribution is -2.48. The minimum absolute atomic E-state index is 0.358. The molecule has 0 aromatic heterocycles. The Morgan fingerprint density at radius 3 is 2.86 bits per heavy atom. The molecule has 1 saturated heterocycles. The van der Waals surface area contributed by atoms with Crippen molar-refractivity contribution in [3.05, 3.63) is 41.6 Å². The first-order valence-corrected chi connectivity index (χ1v) is 8.71. The highest BCUT2D eigenvalue weighted by Crippen LogP contribution is 2.32. The van der Waals surface area contributed by atoms with E-state index in [-0.39, 0.29) is 0 Å². The number of benzene rings is 1. The van der Waals surface area contributed by atoms with E-state index in [1.807, 2.05) is 0 Å². The number of amidine groups is 1. The molecule has 3 aliphatic heterocycles. The summed E-state index contributed by atoms with van der Waals surface area (Å²) in [7, 11) is 2.22. The predicted octanol–water partition coefficient (Wildman–Crippen LogP) is 3.29. The summed E-state index contributed by atoms with van der Waals surface area (Å²) in [4.78, 5) is 5.04. The third-order valence-corrected chi connectivity index (χ3v) is 5.30. The largest absolute Gasteiger partial charge is 0.339 e. The van der Waals surface area contributed by atoms with Crippen LogP contribution in [0.3, 0.4) is 0 Å². The van der Waals surface area contributed by atoms with Crippen molar-refractivity contribution in [1.82, 2.24) is 9.80 Å². The van der Waals surface area contributed by atoms with Gasteiger partial charge in [-0.2, -0.15) is 0 Å². The van der Waals surface area contributed by atoms with Crippen molar-refractivity contribution in [2.45, 2.75) is 38.3 Å². The Morgan fingerprint density at radius 2 is 1.91 bits per heavy atom. The van der Waals surface area contributed by atoms with Crippen LogP contribution in [0.2, 0.25) is 0 Å². The lowest BCUT2D eigenvalue weighted by Gasteiger charge is -2.36. The molecule has 0 bridgehead atoms. The Morgan fingerprint density at radius 1 is 1.05 bits per heavy atom. The van der Waals surface area contributed by atoms with E-state index >= 15 is 0 Å². The maximum absolute atomic E-state index is 2.68. The second-order valence-corrected chi connectivity index (χ2v) is 6.74. The van der Waals surface area contributed by atoms with Crippen LogP contribution >= 0.6 is 0 Å². The minimum atomic E-state index is 0.358. The Kier molecular flexibility index (Phi) is 3.65. The van der Waals surface area contributed by atoms with Crippen molar-refractivity contribution >= 4 is 11.9 Å². The van der Waals surface area contributed by atoms with Gasteiger partial charge in [0.05, 0.1) is 19.6 Å². The monoisotopic (exact) mass is 296 g/mol. The number of nitrogens with zero attached hydrogens (tertiary/aromatic N) is 3. The highest BCUT2D eigenvalue weighted by Gasteiger charge is 2.35. The van der Waals surface area contributed by atoms with Crippen LogP contribution in [-0.2, 0) is 0 Å². The van der Waals surface area contributed by atoms with Crippen LogP contribution in [0.25, 0.3) is 6.08 Å². The summed E-state index contributed by atoms with van der Waals surface area (Å²) >= 11 is 0. The van der Waals surface area contributed by atoms with Gasteiger partial charge >= 0.3 is 0 Å². The zero-order chi connectivity index (χ0) is 14.9. The second-order valence-electron chi connectivity index (χ2n) is 6.74. The van der Waals surface area contributed by atoms with Gasteiger partial charge in [-0.3, -0.25) is 4.90 Å². The van der Waals surface area contributed by atoms with Crippen LogP contribution in [0.15, 0.2) is 30.5 Å². The molecule has 1 fully saturated rings. The van der Waals surface area contributed by atoms with Gasteiger partial charge in [0.25, 0.3) is 0 Å². The van der Waals surface area contributed by atoms with E-state index in [2.05, 4.69) is 58.0 Å². The molecular formula is C19H26N3+. The smallest absolute Gasteiger partial charge is 0.248 e. The van der Waals surface area contributed by atoms with Crippen molar-refractivity contribution in [2.75, 3.05) is 26.7 Å². The van der Waals surface area contributed by atoms with Gasteiger partial charge in [-0.25, -0.2) is 4.58 Å². The van der Waals surface area contributed by atoms with Gasteiger partial charge in [0.1, 0.15) is 0 Å². The molecule has 4 rings (SSSR count). The lowest BCUT2D eigenvalue weighted by molar-refractivity contribution is -0.604. The van der Waals surface area contributed by atoms with E-state index < -0.39 is 0 Å². The normalized spacial score (nSPS) is 24.9. The molecule has 22 heavy (non-hydrogen) atoms. The molecule has 3 aliphatic rings. The van der Waals surface area contributed by atoms with Gasteiger partial charge in [-0.05, 0) is 30.9 Å². The zero-order valence-electron chi connectivity index (χ0n) is 13.5. The molecule has 3 nitrogen and oxygen atoms in total. The van der Waals surface area contributed by atoms with Crippen molar-refractivity contribution in [1.29, 1.82) is 0 Å². The fraction of sp³-hybridized carbons (Fsp3) is 0.526. The topological polar surface area (TPSA) is 9.49 Å². The Bertz CT molecular complexity index is 617. The molecule has 0 saturated carbocycles. The van der Waals surface area contributed by atoms with Crippen LogP contribution < -0.4 is 0 Å². The summed E-state index contributed by atoms with van der Waals surface area (Å²) < 4.78 is 2.68. The predicted molar refractivity (Wildman–Crippen MR) is 90.8 cm³/mol. The minimum Gasteiger partial charge on any atom is -0.339 e. The van der Waals surface area contributed by atoms with E-state index in [0.29, 0.717) is 6.17 Å². The Labute approximate surface area is 133 Å². The fourth-order valence-corrected chi connectivity index (χ4v) is 4.22. The van der Waals surface area contributed by atoms with Crippen molar-refractivity contribution < 1.29 is 4.58 Å². The summed E-state index contributed by atoms with van der Waals surface area (Å²) in [5, 5.41) is 0. The highest BCUT2D eigenvalue weighted by atomic mass is 15.4. The molecule has 1 unspecified atom stereocenters. The van der Waals surface area contributed by atoms with Gasteiger partial charge in [-0.1, -0.05) is 24.3 Å². The van der Waals surface area contributed by atoms with E-state index in [4.69, 9.17) is 0 Å². The summed E-state index contributed by atoms with van der Waals surface area (Å²) in [6, 6.07) is 8.87. The molecule has 3 heteroatoms. The first-order chi connectivity index (χ1) is 10.8. The standard InChI is InChI=1S/C19H26N3/c1-20-15-11-16-8-4-5-9-17(16)19(20)22-14-7-13-21-12-6-2-3-10-18(21)22/h4-5,8-9,11,15,19H,2-3,6-7,10,12-14H2,1H3/q+1. The van der Waals surface area contributed by atoms with Crippen molar-refractivity contribution in [3.8, 4) is 0 Å². The van der Waals surface area contributed by atoms with Gasteiger partial charge in [-0.15, -0.1) is 0 Å². The Balaban J connectivity index is 1.80. The van der Waals surface area contributed by atoms with Gasteiger partial charge in [0.2, 0.25) is 5.84 Å². The van der Waals surface area contributed by atoms with Gasteiger partial charge < -0.3 is 4.90 Å². The van der Waals surface area contributed by atoms with E-state index in [1.165, 1.54) is 62.9 Å². The zero-order valence-corrected chi connectivity index (χ0v) is 13.5. The van der Waals surface area contributed by atoms with Gasteiger partial charge in [0, 0.05) is 31.7 Å². The van der Waals surface area contributed by atoms with Crippen LogP contribution in [0, 0.1) is 0 Å². The molecule has 0 amide bonds. The van der Waals surface area contributed by atoms with E-state index in [0.717, 1.165) is 0 Å². The molecule has 0 aliphatic carbocycles. The molecule has 1 atom stereocenters. The summed E-state index contributed by atoms with van der Waals surface area (Å²) in [5.74, 6) is 1.59. The first-order valence-electron chi connectivity index (χ1n) is 8.71. The maximum Gasteiger partial charge on any atom is 0.248 e. The molecule has 0 spiro atoms. The van der Waals surface area contributed by atoms with E-state index in [1.54, 1.807) is 5.84 Å². The molecule has 1 aromatic carbocycles. The average molecular weight is 296 g/mol. The Hall–Kier alpha value is -1.77. The van der Waals surface area contributed by atoms with Crippen molar-refractivity contribution in [3.63, 3.8) is 0 Å². The second kappa shape index (κ2) is 5.79. The number of fused-ring (bicyclic) bond motifs is 2. The third kappa shape index (κ3) is 2.33. The number of hydrogen-bond donors (Lipinski definition) is 0. The van der Waals surface area contributed by atoms with Crippen LogP contribution in [-0.4, -0.2) is 46.9 Å². The number of rotatable bonds is 1. The van der Waals surface area contributed by atoms with E-state index in [9.17, 15) is 0 Å². The quantitative estimate of drug-likeness (QED) is 0.736. The fourth-order valence-electron chi connectivity index (χ4n) is 4.22. The van der Waals surface area contributed by atoms with Gasteiger partial charge in [0.15, 0.2) is 6.17 Å². The summed E-state index contributed by atoms with van der Waals surface area (Å²) in [5.41, 5.74) is 2.82. The average Bonchev–Trinajstić information content (AvgIpc) is 2.80. The SMILES string of the molecule is CN1C=Cc2ccccc2C1[N+]1=C2CCCCCN2CCC1. The maximum atomic E-state index is 2.68. The molecule has 3 heterocycles. The van der Waals surface area contributed by atoms with Crippen LogP contribution in [0.1, 0.15) is 49.4 Å². The number of hydrogen-bond acceptors (Lipinski definition) is 2. The van der Waals surface area contributed by atoms with Crippen LogP contribution in [0.5, 0.6) is 0 Å². The summed E-state index contributed by atoms with van der Waals surface area (Å²) in [6.07, 6.45) is 11.4. The molecule has 0 N–H and O–H groups in total. The lowest BCUT2D eigenvalue weighted by atomic mass is 10.00. The first kappa shape index (κ1) is 13.9. The van der Waals surface area contributed by atoms with Crippen molar-refractivity contribution in [2.24, 2.45) is 0 Å². The summed E-state index contributed by atoms with van der Waals surface area (Å²) in [6.45, 7) is 3.68. The third-order valence-electron chi connectivity index (χ3n) is 5.30. The molecular weight excluding hydrogens is 270 g/mol.